The van der Waals surface area contributed by atoms with Crippen molar-refractivity contribution in [2.45, 2.75) is 45.3 Å². The third-order valence-corrected chi connectivity index (χ3v) is 5.61. The van der Waals surface area contributed by atoms with Crippen LogP contribution in [0.5, 0.6) is 5.75 Å². The number of aromatic carboxylic acids is 1. The summed E-state index contributed by atoms with van der Waals surface area (Å²) in [5.41, 5.74) is 0.407. The number of carboxylic acids is 1. The van der Waals surface area contributed by atoms with E-state index in [0.29, 0.717) is 11.4 Å². The van der Waals surface area contributed by atoms with Crippen molar-refractivity contribution < 1.29 is 19.0 Å². The molecule has 8 heteroatoms. The van der Waals surface area contributed by atoms with Crippen LogP contribution >= 0.6 is 11.3 Å². The fourth-order valence-electron chi connectivity index (χ4n) is 3.06. The minimum atomic E-state index is -1.31. The second kappa shape index (κ2) is 7.01. The number of rotatable bonds is 6. The molecule has 0 radical (unpaired) electrons. The summed E-state index contributed by atoms with van der Waals surface area (Å²) in [5, 5.41) is 12.0. The van der Waals surface area contributed by atoms with Crippen LogP contribution in [0.2, 0.25) is 0 Å². The van der Waals surface area contributed by atoms with E-state index in [0.717, 1.165) is 29.6 Å². The third kappa shape index (κ3) is 3.40. The van der Waals surface area contributed by atoms with Gasteiger partial charge >= 0.3 is 5.97 Å². The zero-order valence-electron chi connectivity index (χ0n) is 15.4. The number of hydrogen-bond donors (Lipinski definition) is 1. The first-order valence-corrected chi connectivity index (χ1v) is 9.92. The molecule has 4 rings (SSSR count). The van der Waals surface area contributed by atoms with E-state index >= 15 is 0 Å². The maximum absolute atomic E-state index is 14.6. The zero-order chi connectivity index (χ0) is 20.0. The summed E-state index contributed by atoms with van der Waals surface area (Å²) in [6, 6.07) is 2.67. The van der Waals surface area contributed by atoms with Crippen molar-refractivity contribution in [2.75, 3.05) is 0 Å². The summed E-state index contributed by atoms with van der Waals surface area (Å²) in [6.45, 7) is 4.22. The van der Waals surface area contributed by atoms with Crippen molar-refractivity contribution in [3.8, 4) is 5.75 Å². The van der Waals surface area contributed by atoms with E-state index < -0.39 is 17.2 Å². The average molecular weight is 402 g/mol. The molecule has 1 aromatic carbocycles. The molecule has 1 fully saturated rings. The highest BCUT2D eigenvalue weighted by Gasteiger charge is 2.27. The van der Waals surface area contributed by atoms with E-state index in [9.17, 15) is 19.1 Å². The molecule has 2 heterocycles. The molecule has 1 aliphatic rings. The van der Waals surface area contributed by atoms with Crippen molar-refractivity contribution in [3.05, 3.63) is 56.0 Å². The molecule has 1 aliphatic carbocycles. The summed E-state index contributed by atoms with van der Waals surface area (Å²) in [5.74, 6) is -1.69. The number of carbonyl (C=O) groups is 1. The SMILES string of the molecule is CC(C)c1csc(COc2cc3c(cc2F)c(=O)c(C(=O)O)cn3C2CC2)n1. The summed E-state index contributed by atoms with van der Waals surface area (Å²) < 4.78 is 22.0. The van der Waals surface area contributed by atoms with E-state index in [1.165, 1.54) is 23.6 Å². The summed E-state index contributed by atoms with van der Waals surface area (Å²) >= 11 is 1.45. The lowest BCUT2D eigenvalue weighted by Gasteiger charge is -2.13. The van der Waals surface area contributed by atoms with E-state index in [1.807, 2.05) is 19.2 Å². The maximum Gasteiger partial charge on any atom is 0.341 e. The molecule has 146 valence electrons. The molecular formula is C20H19FN2O4S. The Kier molecular flexibility index (Phi) is 4.66. The number of hydrogen-bond acceptors (Lipinski definition) is 5. The number of ether oxygens (including phenoxy) is 1. The van der Waals surface area contributed by atoms with Crippen LogP contribution in [-0.4, -0.2) is 20.6 Å². The number of pyridine rings is 1. The number of thiazole rings is 1. The zero-order valence-corrected chi connectivity index (χ0v) is 16.3. The van der Waals surface area contributed by atoms with Gasteiger partial charge in [0.05, 0.1) is 11.2 Å². The number of fused-ring (bicyclic) bond motifs is 1. The molecule has 1 saturated carbocycles. The van der Waals surface area contributed by atoms with Gasteiger partial charge in [0.1, 0.15) is 17.2 Å². The van der Waals surface area contributed by atoms with E-state index in [4.69, 9.17) is 4.74 Å². The van der Waals surface area contributed by atoms with Gasteiger partial charge in [-0.3, -0.25) is 4.79 Å². The molecule has 0 saturated heterocycles. The third-order valence-electron chi connectivity index (χ3n) is 4.77. The first kappa shape index (κ1) is 18.6. The van der Waals surface area contributed by atoms with Gasteiger partial charge in [-0.15, -0.1) is 11.3 Å². The van der Waals surface area contributed by atoms with Crippen LogP contribution in [0.15, 0.2) is 28.5 Å². The highest BCUT2D eigenvalue weighted by Crippen LogP contribution is 2.38. The van der Waals surface area contributed by atoms with E-state index in [-0.39, 0.29) is 29.3 Å². The molecule has 3 aromatic rings. The molecule has 2 aromatic heterocycles. The Bertz CT molecular complexity index is 1130. The molecule has 1 N–H and O–H groups in total. The fraction of sp³-hybridized carbons (Fsp3) is 0.350. The normalized spacial score (nSPS) is 14.0. The molecule has 0 bridgehead atoms. The monoisotopic (exact) mass is 402 g/mol. The number of benzene rings is 1. The smallest absolute Gasteiger partial charge is 0.341 e. The predicted octanol–water partition coefficient (Wildman–Crippen LogP) is 4.33. The summed E-state index contributed by atoms with van der Waals surface area (Å²) in [4.78, 5) is 28.3. The van der Waals surface area contributed by atoms with Gasteiger partial charge in [-0.2, -0.15) is 0 Å². The van der Waals surface area contributed by atoms with Gasteiger partial charge in [0, 0.05) is 29.1 Å². The van der Waals surface area contributed by atoms with Crippen molar-refractivity contribution in [1.82, 2.24) is 9.55 Å². The van der Waals surface area contributed by atoms with Gasteiger partial charge in [0.2, 0.25) is 5.43 Å². The summed E-state index contributed by atoms with van der Waals surface area (Å²) in [6.07, 6.45) is 3.13. The first-order valence-electron chi connectivity index (χ1n) is 9.04. The van der Waals surface area contributed by atoms with E-state index in [2.05, 4.69) is 4.98 Å². The Hall–Kier alpha value is -2.74. The van der Waals surface area contributed by atoms with Crippen LogP contribution in [0.3, 0.4) is 0 Å². The lowest BCUT2D eigenvalue weighted by Crippen LogP contribution is -2.19. The number of halogens is 1. The number of aromatic nitrogens is 2. The van der Waals surface area contributed by atoms with Gasteiger partial charge in [-0.25, -0.2) is 14.2 Å². The first-order chi connectivity index (χ1) is 13.3. The van der Waals surface area contributed by atoms with Gasteiger partial charge in [0.15, 0.2) is 11.6 Å². The molecular weight excluding hydrogens is 383 g/mol. The minimum absolute atomic E-state index is 0.0191. The number of nitrogens with zero attached hydrogens (tertiary/aromatic N) is 2. The average Bonchev–Trinajstić information content (AvgIpc) is 3.37. The second-order valence-corrected chi connectivity index (χ2v) is 8.17. The van der Waals surface area contributed by atoms with E-state index in [1.54, 1.807) is 4.57 Å². The Morgan fingerprint density at radius 3 is 2.79 bits per heavy atom. The second-order valence-electron chi connectivity index (χ2n) is 7.22. The summed E-state index contributed by atoms with van der Waals surface area (Å²) in [7, 11) is 0. The molecule has 6 nitrogen and oxygen atoms in total. The van der Waals surface area contributed by atoms with Gasteiger partial charge in [-0.05, 0) is 24.8 Å². The Labute approximate surface area is 164 Å². The Morgan fingerprint density at radius 1 is 1.43 bits per heavy atom. The molecule has 0 spiro atoms. The molecule has 0 amide bonds. The van der Waals surface area contributed by atoms with Crippen LogP contribution in [0.25, 0.3) is 10.9 Å². The Morgan fingerprint density at radius 2 is 2.18 bits per heavy atom. The molecule has 0 unspecified atom stereocenters. The van der Waals surface area contributed by atoms with Gasteiger partial charge < -0.3 is 14.4 Å². The molecule has 28 heavy (non-hydrogen) atoms. The van der Waals surface area contributed by atoms with Crippen molar-refractivity contribution >= 4 is 28.2 Å². The van der Waals surface area contributed by atoms with Crippen LogP contribution < -0.4 is 10.2 Å². The highest BCUT2D eigenvalue weighted by molar-refractivity contribution is 7.09. The van der Waals surface area contributed by atoms with Crippen LogP contribution in [0.4, 0.5) is 4.39 Å². The van der Waals surface area contributed by atoms with Gasteiger partial charge in [-0.1, -0.05) is 13.8 Å². The molecule has 0 aliphatic heterocycles. The number of carboxylic acid groups (broad SMARTS) is 1. The largest absolute Gasteiger partial charge is 0.483 e. The molecule has 0 atom stereocenters. The maximum atomic E-state index is 14.6. The van der Waals surface area contributed by atoms with Crippen LogP contribution in [0.1, 0.15) is 59.7 Å². The highest BCUT2D eigenvalue weighted by atomic mass is 32.1. The Balaban J connectivity index is 1.72. The van der Waals surface area contributed by atoms with Crippen molar-refractivity contribution in [2.24, 2.45) is 0 Å². The fourth-order valence-corrected chi connectivity index (χ4v) is 3.93. The van der Waals surface area contributed by atoms with Gasteiger partial charge in [0.25, 0.3) is 0 Å². The standard InChI is InChI=1S/C20H19FN2O4S/c1-10(2)15-9-28-18(22-15)8-27-17-6-16-12(5-14(17)21)19(24)13(20(25)26)7-23(16)11-3-4-11/h5-7,9-11H,3-4,8H2,1-2H3,(H,25,26). The lowest BCUT2D eigenvalue weighted by atomic mass is 10.1. The van der Waals surface area contributed by atoms with Crippen LogP contribution in [-0.2, 0) is 6.61 Å². The topological polar surface area (TPSA) is 81.4 Å². The van der Waals surface area contributed by atoms with Crippen LogP contribution in [0, 0.1) is 5.82 Å². The minimum Gasteiger partial charge on any atom is -0.483 e. The van der Waals surface area contributed by atoms with Crippen molar-refractivity contribution in [3.63, 3.8) is 0 Å². The van der Waals surface area contributed by atoms with Crippen molar-refractivity contribution in [1.29, 1.82) is 0 Å². The predicted molar refractivity (Wildman–Crippen MR) is 104 cm³/mol. The quantitative estimate of drug-likeness (QED) is 0.664. The lowest BCUT2D eigenvalue weighted by molar-refractivity contribution is 0.0695.